The Bertz CT molecular complexity index is 1400. The summed E-state index contributed by atoms with van der Waals surface area (Å²) >= 11 is 0. The fourth-order valence-electron chi connectivity index (χ4n) is 4.70. The Balaban J connectivity index is 1.84. The van der Waals surface area contributed by atoms with Crippen molar-refractivity contribution < 1.29 is 17.7 Å². The van der Waals surface area contributed by atoms with E-state index in [0.717, 1.165) is 57.5 Å². The lowest BCUT2D eigenvalue weighted by Crippen LogP contribution is -2.05. The first-order chi connectivity index (χ1) is 15.9. The normalized spacial score (nSPS) is 15.0. The van der Waals surface area contributed by atoms with E-state index in [1.54, 1.807) is 12.1 Å². The van der Waals surface area contributed by atoms with E-state index in [9.17, 15) is 13.2 Å². The van der Waals surface area contributed by atoms with E-state index in [1.165, 1.54) is 12.1 Å². The summed E-state index contributed by atoms with van der Waals surface area (Å²) in [5.74, 6) is 0. The molecular weight excluding hydrogens is 421 g/mol. The van der Waals surface area contributed by atoms with Gasteiger partial charge in [0.1, 0.15) is 6.54 Å². The lowest BCUT2D eigenvalue weighted by molar-refractivity contribution is -0.427. The standard InChI is InChI=1S/C28H24F3N2/c1-3-32-17-23(21-9-5-7-11-25(21)32)27(19-13-15-20(16-14-19)28(29,30)31)24-18-33(4-2)26-12-8-6-10-22(24)26/h5-18H,3-4H2,1-2H3/q+1. The molecule has 0 unspecified atom stereocenters. The van der Waals surface area contributed by atoms with Gasteiger partial charge >= 0.3 is 6.18 Å². The van der Waals surface area contributed by atoms with Gasteiger partial charge in [0, 0.05) is 40.8 Å². The second kappa shape index (κ2) is 8.07. The molecular formula is C28H24F3N2+. The number of nitrogens with zero attached hydrogens (tertiary/aromatic N) is 2. The van der Waals surface area contributed by atoms with Crippen LogP contribution in [0, 0.1) is 0 Å². The number of hydrogen-bond acceptors (Lipinski definition) is 0. The molecule has 1 aromatic heterocycles. The van der Waals surface area contributed by atoms with Crippen molar-refractivity contribution in [2.75, 3.05) is 6.54 Å². The Kier molecular flexibility index (Phi) is 5.20. The monoisotopic (exact) mass is 445 g/mol. The highest BCUT2D eigenvalue weighted by Crippen LogP contribution is 2.42. The van der Waals surface area contributed by atoms with E-state index < -0.39 is 11.7 Å². The average Bonchev–Trinajstić information content (AvgIpc) is 3.38. The Morgan fingerprint density at radius 2 is 1.58 bits per heavy atom. The van der Waals surface area contributed by atoms with Crippen LogP contribution in [-0.4, -0.2) is 21.9 Å². The molecule has 5 rings (SSSR count). The summed E-state index contributed by atoms with van der Waals surface area (Å²) in [7, 11) is 0. The molecule has 2 nitrogen and oxygen atoms in total. The minimum absolute atomic E-state index is 0.641. The van der Waals surface area contributed by atoms with Crippen molar-refractivity contribution in [1.82, 2.24) is 4.57 Å². The number of benzene rings is 3. The number of allylic oxidation sites excluding steroid dienone is 1. The van der Waals surface area contributed by atoms with Crippen LogP contribution in [0.2, 0.25) is 0 Å². The number of para-hydroxylation sites is 2. The van der Waals surface area contributed by atoms with Gasteiger partial charge in [0.25, 0.3) is 0 Å². The molecule has 2 heterocycles. The molecule has 1 aliphatic heterocycles. The van der Waals surface area contributed by atoms with Crippen LogP contribution in [0.1, 0.15) is 36.1 Å². The first-order valence-electron chi connectivity index (χ1n) is 11.1. The quantitative estimate of drug-likeness (QED) is 0.290. The van der Waals surface area contributed by atoms with Gasteiger partial charge in [-0.2, -0.15) is 17.7 Å². The molecule has 1 aliphatic rings. The number of halogens is 3. The second-order valence-electron chi connectivity index (χ2n) is 8.14. The Morgan fingerprint density at radius 1 is 0.879 bits per heavy atom. The van der Waals surface area contributed by atoms with Gasteiger partial charge in [0.2, 0.25) is 5.69 Å². The predicted molar refractivity (Wildman–Crippen MR) is 128 cm³/mol. The number of alkyl halides is 3. The Hall–Kier alpha value is -3.60. The SMILES string of the molecule is CCn1cc(/C(=C2\C=[N+](CC)c3ccccc32)c2ccc(C(F)(F)F)cc2)c2ccccc21. The zero-order valence-electron chi connectivity index (χ0n) is 18.5. The number of fused-ring (bicyclic) bond motifs is 2. The van der Waals surface area contributed by atoms with Gasteiger partial charge in [-0.1, -0.05) is 42.5 Å². The van der Waals surface area contributed by atoms with E-state index in [1.807, 2.05) is 24.3 Å². The summed E-state index contributed by atoms with van der Waals surface area (Å²) in [6, 6.07) is 21.9. The molecule has 0 radical (unpaired) electrons. The smallest absolute Gasteiger partial charge is 0.347 e. The van der Waals surface area contributed by atoms with E-state index in [0.29, 0.717) is 0 Å². The third-order valence-corrected chi connectivity index (χ3v) is 6.30. The maximum Gasteiger partial charge on any atom is 0.416 e. The number of hydrogen-bond donors (Lipinski definition) is 0. The first-order valence-corrected chi connectivity index (χ1v) is 11.1. The maximum atomic E-state index is 13.3. The Morgan fingerprint density at radius 3 is 2.27 bits per heavy atom. The van der Waals surface area contributed by atoms with Gasteiger partial charge in [0.05, 0.1) is 16.7 Å². The molecule has 0 amide bonds. The van der Waals surface area contributed by atoms with E-state index in [4.69, 9.17) is 0 Å². The van der Waals surface area contributed by atoms with Crippen LogP contribution >= 0.6 is 0 Å². The fraction of sp³-hybridized carbons (Fsp3) is 0.179. The molecule has 33 heavy (non-hydrogen) atoms. The van der Waals surface area contributed by atoms with E-state index in [-0.39, 0.29) is 0 Å². The fourth-order valence-corrected chi connectivity index (χ4v) is 4.70. The molecule has 0 N–H and O–H groups in total. The van der Waals surface area contributed by atoms with Gasteiger partial charge < -0.3 is 4.57 Å². The van der Waals surface area contributed by atoms with E-state index in [2.05, 4.69) is 59.7 Å². The highest BCUT2D eigenvalue weighted by Gasteiger charge is 2.32. The Labute approximate surface area is 190 Å². The summed E-state index contributed by atoms with van der Waals surface area (Å²) in [5, 5.41) is 1.09. The molecule has 4 aromatic rings. The molecule has 0 spiro atoms. The minimum atomic E-state index is -4.37. The van der Waals surface area contributed by atoms with Crippen molar-refractivity contribution in [3.8, 4) is 0 Å². The van der Waals surface area contributed by atoms with Gasteiger partial charge in [-0.3, -0.25) is 0 Å². The lowest BCUT2D eigenvalue weighted by atomic mass is 9.89. The van der Waals surface area contributed by atoms with Crippen LogP contribution in [-0.2, 0) is 12.7 Å². The van der Waals surface area contributed by atoms with Crippen LogP contribution in [0.3, 0.4) is 0 Å². The van der Waals surface area contributed by atoms with Crippen molar-refractivity contribution >= 4 is 34.0 Å². The topological polar surface area (TPSA) is 7.94 Å². The highest BCUT2D eigenvalue weighted by atomic mass is 19.4. The molecule has 0 atom stereocenters. The van der Waals surface area contributed by atoms with Crippen LogP contribution in [0.15, 0.2) is 79.0 Å². The molecule has 0 saturated carbocycles. The molecule has 166 valence electrons. The highest BCUT2D eigenvalue weighted by molar-refractivity contribution is 6.25. The number of rotatable bonds is 4. The minimum Gasteiger partial charge on any atom is -0.347 e. The largest absolute Gasteiger partial charge is 0.416 e. The van der Waals surface area contributed by atoms with Crippen LogP contribution in [0.5, 0.6) is 0 Å². The molecule has 0 fully saturated rings. The molecule has 0 saturated heterocycles. The lowest BCUT2D eigenvalue weighted by Gasteiger charge is -2.12. The zero-order chi connectivity index (χ0) is 23.2. The summed E-state index contributed by atoms with van der Waals surface area (Å²) in [6.45, 7) is 5.79. The number of aryl methyl sites for hydroxylation is 1. The summed E-state index contributed by atoms with van der Waals surface area (Å²) in [5.41, 5.74) is 6.41. The van der Waals surface area contributed by atoms with Crippen LogP contribution in [0.4, 0.5) is 18.9 Å². The van der Waals surface area contributed by atoms with Crippen molar-refractivity contribution in [2.24, 2.45) is 0 Å². The third kappa shape index (κ3) is 3.58. The number of aromatic nitrogens is 1. The maximum absolute atomic E-state index is 13.3. The molecule has 0 bridgehead atoms. The second-order valence-corrected chi connectivity index (χ2v) is 8.14. The molecule has 0 aliphatic carbocycles. The summed E-state index contributed by atoms with van der Waals surface area (Å²) < 4.78 is 44.2. The van der Waals surface area contributed by atoms with Gasteiger partial charge in [-0.25, -0.2) is 0 Å². The van der Waals surface area contributed by atoms with Crippen LogP contribution in [0.25, 0.3) is 22.0 Å². The van der Waals surface area contributed by atoms with Gasteiger partial charge in [-0.05, 0) is 43.7 Å². The van der Waals surface area contributed by atoms with E-state index >= 15 is 0 Å². The average molecular weight is 446 g/mol. The summed E-state index contributed by atoms with van der Waals surface area (Å²) in [6.07, 6.45) is -0.124. The first kappa shape index (κ1) is 21.3. The molecule has 5 heteroatoms. The van der Waals surface area contributed by atoms with Crippen molar-refractivity contribution in [3.05, 3.63) is 101 Å². The third-order valence-electron chi connectivity index (χ3n) is 6.30. The van der Waals surface area contributed by atoms with Crippen molar-refractivity contribution in [1.29, 1.82) is 0 Å². The van der Waals surface area contributed by atoms with Crippen LogP contribution < -0.4 is 0 Å². The van der Waals surface area contributed by atoms with Gasteiger partial charge in [0.15, 0.2) is 6.21 Å². The van der Waals surface area contributed by atoms with Crippen molar-refractivity contribution in [2.45, 2.75) is 26.6 Å². The summed E-state index contributed by atoms with van der Waals surface area (Å²) in [4.78, 5) is 0. The van der Waals surface area contributed by atoms with Crippen molar-refractivity contribution in [3.63, 3.8) is 0 Å². The molecule has 3 aromatic carbocycles. The zero-order valence-corrected chi connectivity index (χ0v) is 18.5. The predicted octanol–water partition coefficient (Wildman–Crippen LogP) is 7.39. The van der Waals surface area contributed by atoms with Gasteiger partial charge in [-0.15, -0.1) is 0 Å².